The fraction of sp³-hybridized carbons (Fsp3) is 0.842. The molecule has 0 bridgehead atoms. The largest absolute Gasteiger partial charge is 0.480 e. The SMILES string of the molecule is C/C=C/[C@H](N[C@@H](CC)C(=O)O)[C@H](O)[C@@H](O)[C@H](O[C@H]1O[C@H](CO)[C@@H](O)[C@H](O)[C@H]1O)[C@H](O)CO. The molecule has 10 N–H and O–H groups in total. The van der Waals surface area contributed by atoms with Gasteiger partial charge in [-0.2, -0.15) is 0 Å². The number of carboxylic acid groups (broad SMARTS) is 1. The zero-order valence-electron chi connectivity index (χ0n) is 17.9. The minimum atomic E-state index is -1.94. The number of allylic oxidation sites excluding steroid dienone is 1. The Morgan fingerprint density at radius 2 is 1.72 bits per heavy atom. The quantitative estimate of drug-likeness (QED) is 0.115. The van der Waals surface area contributed by atoms with E-state index in [0.29, 0.717) is 0 Å². The van der Waals surface area contributed by atoms with Crippen LogP contribution in [0, 0.1) is 0 Å². The van der Waals surface area contributed by atoms with Crippen LogP contribution in [0.4, 0.5) is 0 Å². The Balaban J connectivity index is 3.09. The molecule has 0 aromatic heterocycles. The van der Waals surface area contributed by atoms with E-state index in [1.54, 1.807) is 13.8 Å². The summed E-state index contributed by atoms with van der Waals surface area (Å²) in [6.07, 6.45) is -12.6. The number of aliphatic hydroxyl groups excluding tert-OH is 8. The number of nitrogens with one attached hydrogen (secondary N) is 1. The third-order valence-electron chi connectivity index (χ3n) is 5.26. The minimum Gasteiger partial charge on any atom is -0.480 e. The van der Waals surface area contributed by atoms with Gasteiger partial charge in [-0.3, -0.25) is 10.1 Å². The smallest absolute Gasteiger partial charge is 0.320 e. The zero-order valence-corrected chi connectivity index (χ0v) is 17.9. The highest BCUT2D eigenvalue weighted by molar-refractivity contribution is 5.73. The molecule has 0 aromatic carbocycles. The third-order valence-corrected chi connectivity index (χ3v) is 5.26. The molecular weight excluding hydrogens is 434 g/mol. The lowest BCUT2D eigenvalue weighted by Gasteiger charge is -2.42. The lowest BCUT2D eigenvalue weighted by Crippen LogP contribution is -2.62. The van der Waals surface area contributed by atoms with Crippen molar-refractivity contribution in [2.45, 2.75) is 87.5 Å². The molecule has 1 fully saturated rings. The van der Waals surface area contributed by atoms with Gasteiger partial charge in [0.1, 0.15) is 54.9 Å². The molecule has 0 spiro atoms. The summed E-state index contributed by atoms with van der Waals surface area (Å²) in [7, 11) is 0. The summed E-state index contributed by atoms with van der Waals surface area (Å²) < 4.78 is 10.5. The highest BCUT2D eigenvalue weighted by Gasteiger charge is 2.47. The normalized spacial score (nSPS) is 32.2. The molecule has 0 saturated carbocycles. The van der Waals surface area contributed by atoms with Crippen molar-refractivity contribution >= 4 is 5.97 Å². The van der Waals surface area contributed by atoms with Crippen LogP contribution in [0.25, 0.3) is 0 Å². The van der Waals surface area contributed by atoms with Crippen molar-refractivity contribution in [3.8, 4) is 0 Å². The maximum Gasteiger partial charge on any atom is 0.320 e. The summed E-state index contributed by atoms with van der Waals surface area (Å²) >= 11 is 0. The summed E-state index contributed by atoms with van der Waals surface area (Å²) in [4.78, 5) is 11.3. The monoisotopic (exact) mass is 469 g/mol. The Kier molecular flexibility index (Phi) is 12.1. The van der Waals surface area contributed by atoms with Crippen molar-refractivity contribution in [2.75, 3.05) is 13.2 Å². The first-order valence-corrected chi connectivity index (χ1v) is 10.3. The standard InChI is InChI=1S/C19H35NO12/c1-3-5-9(20-8(4-2)18(29)30)12(24)15(27)17(10(23)6-21)32-19-16(28)14(26)13(25)11(7-22)31-19/h3,5,8-17,19-28H,4,6-7H2,1-2H3,(H,29,30)/b5-3+/t8-,9-,10+,11+,12-,13+,14-,15+,16+,17+,19+/m0/s1. The van der Waals surface area contributed by atoms with Crippen LogP contribution < -0.4 is 5.32 Å². The Labute approximate surface area is 185 Å². The minimum absolute atomic E-state index is 0.163. The predicted octanol–water partition coefficient (Wildman–Crippen LogP) is -4.36. The van der Waals surface area contributed by atoms with Crippen LogP contribution in [0.2, 0.25) is 0 Å². The van der Waals surface area contributed by atoms with Crippen LogP contribution >= 0.6 is 0 Å². The van der Waals surface area contributed by atoms with Crippen LogP contribution in [0.5, 0.6) is 0 Å². The van der Waals surface area contributed by atoms with E-state index in [-0.39, 0.29) is 6.42 Å². The van der Waals surface area contributed by atoms with Crippen LogP contribution in [-0.4, -0.2) is 132 Å². The van der Waals surface area contributed by atoms with Gasteiger partial charge >= 0.3 is 5.97 Å². The third kappa shape index (κ3) is 7.13. The van der Waals surface area contributed by atoms with E-state index in [9.17, 15) is 50.8 Å². The van der Waals surface area contributed by atoms with Gasteiger partial charge in [-0.05, 0) is 13.3 Å². The molecule has 0 aromatic rings. The van der Waals surface area contributed by atoms with Crippen LogP contribution in [-0.2, 0) is 14.3 Å². The van der Waals surface area contributed by atoms with Gasteiger partial charge in [-0.15, -0.1) is 0 Å². The molecule has 0 amide bonds. The number of rotatable bonds is 13. The Bertz CT molecular complexity index is 591. The van der Waals surface area contributed by atoms with Crippen molar-refractivity contribution < 1.29 is 60.2 Å². The Hall–Kier alpha value is -1.23. The van der Waals surface area contributed by atoms with E-state index >= 15 is 0 Å². The fourth-order valence-electron chi connectivity index (χ4n) is 3.32. The second-order valence-corrected chi connectivity index (χ2v) is 7.55. The van der Waals surface area contributed by atoms with Gasteiger partial charge in [0, 0.05) is 0 Å². The highest BCUT2D eigenvalue weighted by atomic mass is 16.7. The van der Waals surface area contributed by atoms with Gasteiger partial charge in [0.05, 0.1) is 19.3 Å². The van der Waals surface area contributed by atoms with Gasteiger partial charge in [0.25, 0.3) is 0 Å². The van der Waals surface area contributed by atoms with Crippen molar-refractivity contribution in [1.29, 1.82) is 0 Å². The fourth-order valence-corrected chi connectivity index (χ4v) is 3.32. The van der Waals surface area contributed by atoms with Crippen molar-refractivity contribution in [3.05, 3.63) is 12.2 Å². The van der Waals surface area contributed by atoms with E-state index < -0.39 is 86.4 Å². The lowest BCUT2D eigenvalue weighted by molar-refractivity contribution is -0.327. The van der Waals surface area contributed by atoms with Crippen LogP contribution in [0.3, 0.4) is 0 Å². The summed E-state index contributed by atoms with van der Waals surface area (Å²) in [6, 6.07) is -2.17. The molecule has 188 valence electrons. The van der Waals surface area contributed by atoms with Crippen molar-refractivity contribution in [1.82, 2.24) is 5.32 Å². The molecule has 1 rings (SSSR count). The second kappa shape index (κ2) is 13.5. The molecule has 11 atom stereocenters. The predicted molar refractivity (Wildman–Crippen MR) is 107 cm³/mol. The lowest BCUT2D eigenvalue weighted by atomic mass is 9.95. The molecule has 1 heterocycles. The van der Waals surface area contributed by atoms with E-state index in [1.807, 2.05) is 0 Å². The first-order valence-electron chi connectivity index (χ1n) is 10.3. The molecule has 0 aliphatic carbocycles. The number of aliphatic carboxylic acids is 1. The van der Waals surface area contributed by atoms with E-state index in [1.165, 1.54) is 12.2 Å². The summed E-state index contributed by atoms with van der Waals surface area (Å²) in [5.74, 6) is -1.19. The second-order valence-electron chi connectivity index (χ2n) is 7.55. The molecule has 1 saturated heterocycles. The van der Waals surface area contributed by atoms with E-state index in [4.69, 9.17) is 9.47 Å². The van der Waals surface area contributed by atoms with Gasteiger partial charge in [-0.25, -0.2) is 0 Å². The topological polar surface area (TPSA) is 230 Å². The average Bonchev–Trinajstić information content (AvgIpc) is 2.78. The number of hydrogen-bond acceptors (Lipinski definition) is 12. The van der Waals surface area contributed by atoms with Crippen LogP contribution in [0.1, 0.15) is 20.3 Å². The molecule has 13 heteroatoms. The molecule has 32 heavy (non-hydrogen) atoms. The highest BCUT2D eigenvalue weighted by Crippen LogP contribution is 2.25. The van der Waals surface area contributed by atoms with Crippen molar-refractivity contribution in [2.24, 2.45) is 0 Å². The van der Waals surface area contributed by atoms with Gasteiger partial charge < -0.3 is 55.4 Å². The Morgan fingerprint density at radius 3 is 2.19 bits per heavy atom. The van der Waals surface area contributed by atoms with Gasteiger partial charge in [0.15, 0.2) is 6.29 Å². The molecule has 0 unspecified atom stereocenters. The maximum absolute atomic E-state index is 11.3. The van der Waals surface area contributed by atoms with E-state index in [0.717, 1.165) is 0 Å². The number of hydrogen-bond donors (Lipinski definition) is 10. The number of aliphatic hydroxyl groups is 8. The molecule has 0 radical (unpaired) electrons. The van der Waals surface area contributed by atoms with Crippen molar-refractivity contribution in [3.63, 3.8) is 0 Å². The van der Waals surface area contributed by atoms with Gasteiger partial charge in [-0.1, -0.05) is 19.1 Å². The molecule has 1 aliphatic heterocycles. The summed E-state index contributed by atoms with van der Waals surface area (Å²) in [5, 5.41) is 91.9. The summed E-state index contributed by atoms with van der Waals surface area (Å²) in [6.45, 7) is 1.52. The zero-order chi connectivity index (χ0) is 24.6. The molecule has 13 nitrogen and oxygen atoms in total. The average molecular weight is 469 g/mol. The number of ether oxygens (including phenoxy) is 2. The first-order chi connectivity index (χ1) is 15.0. The first kappa shape index (κ1) is 28.8. The number of carbonyl (C=O) groups is 1. The molecule has 1 aliphatic rings. The molecular formula is C19H35NO12. The maximum atomic E-state index is 11.3. The van der Waals surface area contributed by atoms with Crippen LogP contribution in [0.15, 0.2) is 12.2 Å². The van der Waals surface area contributed by atoms with Gasteiger partial charge in [0.2, 0.25) is 0 Å². The summed E-state index contributed by atoms with van der Waals surface area (Å²) in [5.41, 5.74) is 0. The van der Waals surface area contributed by atoms with E-state index in [2.05, 4.69) is 5.32 Å². The Morgan fingerprint density at radius 1 is 1.09 bits per heavy atom. The number of carboxylic acids is 1.